The molecule has 3 heterocycles. The predicted molar refractivity (Wildman–Crippen MR) is 126 cm³/mol. The summed E-state index contributed by atoms with van der Waals surface area (Å²) in [5.74, 6) is -1.38. The van der Waals surface area contributed by atoms with Crippen molar-refractivity contribution in [3.05, 3.63) is 83.2 Å². The highest BCUT2D eigenvalue weighted by atomic mass is 32.2. The van der Waals surface area contributed by atoms with Gasteiger partial charge in [0.2, 0.25) is 26.6 Å². The summed E-state index contributed by atoms with van der Waals surface area (Å²) in [6.45, 7) is 0.979. The molecule has 0 bridgehead atoms. The minimum Gasteiger partial charge on any atom is -0.418 e. The highest BCUT2D eigenvalue weighted by Crippen LogP contribution is 2.36. The summed E-state index contributed by atoms with van der Waals surface area (Å²) in [6, 6.07) is 13.8. The number of benzene rings is 2. The predicted octanol–water partition coefficient (Wildman–Crippen LogP) is 4.48. The third-order valence-electron chi connectivity index (χ3n) is 5.65. The first-order valence-electron chi connectivity index (χ1n) is 10.7. The number of halogens is 2. The SMILES string of the molecule is O=C(c1ccccc1F)N1CCN(c2oc(-c3cccs3)nc2S(=O)(=O)c2ccc(F)cc2)CC1. The van der Waals surface area contributed by atoms with Gasteiger partial charge in [-0.1, -0.05) is 18.2 Å². The van der Waals surface area contributed by atoms with Crippen molar-refractivity contribution < 1.29 is 26.4 Å². The van der Waals surface area contributed by atoms with Crippen molar-refractivity contribution in [3.8, 4) is 10.8 Å². The molecule has 0 N–H and O–H groups in total. The van der Waals surface area contributed by atoms with Gasteiger partial charge >= 0.3 is 0 Å². The molecule has 1 aliphatic heterocycles. The van der Waals surface area contributed by atoms with Crippen LogP contribution in [0.25, 0.3) is 10.8 Å². The van der Waals surface area contributed by atoms with Gasteiger partial charge in [-0.3, -0.25) is 4.79 Å². The van der Waals surface area contributed by atoms with Crippen molar-refractivity contribution in [1.29, 1.82) is 0 Å². The zero-order valence-electron chi connectivity index (χ0n) is 18.2. The smallest absolute Gasteiger partial charge is 0.256 e. The molecule has 0 spiro atoms. The lowest BCUT2D eigenvalue weighted by atomic mass is 10.1. The monoisotopic (exact) mass is 515 g/mol. The number of carbonyl (C=O) groups excluding carboxylic acids is 1. The number of amides is 1. The molecule has 0 aliphatic carbocycles. The molecule has 2 aromatic heterocycles. The highest BCUT2D eigenvalue weighted by molar-refractivity contribution is 7.91. The Morgan fingerprint density at radius 1 is 0.943 bits per heavy atom. The molecule has 1 saturated heterocycles. The fraction of sp³-hybridized carbons (Fsp3) is 0.167. The number of aromatic nitrogens is 1. The van der Waals surface area contributed by atoms with Crippen molar-refractivity contribution in [2.45, 2.75) is 9.92 Å². The van der Waals surface area contributed by atoms with E-state index in [1.54, 1.807) is 23.1 Å². The molecule has 35 heavy (non-hydrogen) atoms. The molecule has 1 amide bonds. The van der Waals surface area contributed by atoms with E-state index >= 15 is 0 Å². The van der Waals surface area contributed by atoms with Crippen LogP contribution in [-0.4, -0.2) is 50.4 Å². The number of oxazole rings is 1. The minimum absolute atomic E-state index is 0.0137. The van der Waals surface area contributed by atoms with Crippen LogP contribution in [0.4, 0.5) is 14.7 Å². The molecule has 4 aromatic rings. The van der Waals surface area contributed by atoms with Gasteiger partial charge in [-0.15, -0.1) is 11.3 Å². The van der Waals surface area contributed by atoms with Crippen LogP contribution in [0.15, 0.2) is 80.4 Å². The van der Waals surface area contributed by atoms with Crippen LogP contribution in [0.2, 0.25) is 0 Å². The molecule has 0 unspecified atom stereocenters. The van der Waals surface area contributed by atoms with E-state index in [0.29, 0.717) is 4.88 Å². The molecular formula is C24H19F2N3O4S2. The van der Waals surface area contributed by atoms with Crippen molar-refractivity contribution in [2.75, 3.05) is 31.1 Å². The van der Waals surface area contributed by atoms with E-state index in [2.05, 4.69) is 4.98 Å². The van der Waals surface area contributed by atoms with E-state index in [-0.39, 0.29) is 53.4 Å². The lowest BCUT2D eigenvalue weighted by molar-refractivity contribution is 0.0740. The van der Waals surface area contributed by atoms with Crippen molar-refractivity contribution in [3.63, 3.8) is 0 Å². The second-order valence-corrected chi connectivity index (χ2v) is 10.6. The van der Waals surface area contributed by atoms with E-state index in [0.717, 1.165) is 12.1 Å². The van der Waals surface area contributed by atoms with Gasteiger partial charge in [0.15, 0.2) is 0 Å². The Morgan fingerprint density at radius 3 is 2.31 bits per heavy atom. The maximum Gasteiger partial charge on any atom is 0.256 e. The number of rotatable bonds is 5. The van der Waals surface area contributed by atoms with Crippen LogP contribution in [0.5, 0.6) is 0 Å². The summed E-state index contributed by atoms with van der Waals surface area (Å²) in [5, 5.41) is 1.54. The van der Waals surface area contributed by atoms with E-state index in [1.165, 1.54) is 46.6 Å². The van der Waals surface area contributed by atoms with Crippen LogP contribution < -0.4 is 4.90 Å². The van der Waals surface area contributed by atoms with E-state index in [1.807, 2.05) is 5.38 Å². The molecule has 1 fully saturated rings. The highest BCUT2D eigenvalue weighted by Gasteiger charge is 2.34. The average molecular weight is 516 g/mol. The topological polar surface area (TPSA) is 83.7 Å². The Hall–Kier alpha value is -3.57. The number of carbonyl (C=O) groups is 1. The molecule has 180 valence electrons. The number of hydrogen-bond acceptors (Lipinski definition) is 7. The zero-order chi connectivity index (χ0) is 24.6. The minimum atomic E-state index is -4.12. The Labute approximate surface area is 204 Å². The number of hydrogen-bond donors (Lipinski definition) is 0. The maximum absolute atomic E-state index is 14.1. The van der Waals surface area contributed by atoms with Crippen molar-refractivity contribution in [1.82, 2.24) is 9.88 Å². The first-order valence-corrected chi connectivity index (χ1v) is 13.0. The van der Waals surface area contributed by atoms with Gasteiger partial charge in [-0.2, -0.15) is 4.98 Å². The average Bonchev–Trinajstić information content (AvgIpc) is 3.55. The third kappa shape index (κ3) is 4.44. The quantitative estimate of drug-likeness (QED) is 0.365. The number of sulfone groups is 1. The Bertz CT molecular complexity index is 1460. The van der Waals surface area contributed by atoms with Gasteiger partial charge in [-0.05, 0) is 47.8 Å². The summed E-state index contributed by atoms with van der Waals surface area (Å²) in [6.07, 6.45) is 0. The Morgan fingerprint density at radius 2 is 1.66 bits per heavy atom. The molecule has 5 rings (SSSR count). The first-order chi connectivity index (χ1) is 16.8. The first kappa shape index (κ1) is 23.2. The fourth-order valence-corrected chi connectivity index (χ4v) is 5.79. The van der Waals surface area contributed by atoms with Crippen LogP contribution >= 0.6 is 11.3 Å². The zero-order valence-corrected chi connectivity index (χ0v) is 19.9. The van der Waals surface area contributed by atoms with Crippen LogP contribution in [-0.2, 0) is 9.84 Å². The number of nitrogens with zero attached hydrogens (tertiary/aromatic N) is 3. The summed E-state index contributed by atoms with van der Waals surface area (Å²) in [7, 11) is -4.12. The lowest BCUT2D eigenvalue weighted by Gasteiger charge is -2.34. The molecule has 11 heteroatoms. The van der Waals surface area contributed by atoms with E-state index < -0.39 is 27.4 Å². The fourth-order valence-electron chi connectivity index (χ4n) is 3.82. The number of piperazine rings is 1. The molecule has 7 nitrogen and oxygen atoms in total. The third-order valence-corrected chi connectivity index (χ3v) is 8.17. The van der Waals surface area contributed by atoms with E-state index in [9.17, 15) is 22.0 Å². The van der Waals surface area contributed by atoms with Gasteiger partial charge in [-0.25, -0.2) is 17.2 Å². The van der Waals surface area contributed by atoms with Gasteiger partial charge in [0.25, 0.3) is 5.91 Å². The van der Waals surface area contributed by atoms with E-state index in [4.69, 9.17) is 4.42 Å². The largest absolute Gasteiger partial charge is 0.418 e. The number of thiophene rings is 1. The molecule has 0 radical (unpaired) electrons. The van der Waals surface area contributed by atoms with Gasteiger partial charge < -0.3 is 14.2 Å². The Balaban J connectivity index is 1.45. The van der Waals surface area contributed by atoms with Crippen LogP contribution in [0, 0.1) is 11.6 Å². The van der Waals surface area contributed by atoms with Crippen LogP contribution in [0.3, 0.4) is 0 Å². The number of anilines is 1. The normalized spacial score (nSPS) is 14.3. The van der Waals surface area contributed by atoms with Crippen molar-refractivity contribution >= 4 is 33.0 Å². The lowest BCUT2D eigenvalue weighted by Crippen LogP contribution is -2.49. The standard InChI is InChI=1S/C24H19F2N3O4S2/c25-16-7-9-17(10-8-16)35(31,32)22-24(33-21(27-22)20-6-3-15-34-20)29-13-11-28(12-14-29)23(30)18-4-1-2-5-19(18)26/h1-10,15H,11-14H2. The molecular weight excluding hydrogens is 496 g/mol. The molecule has 0 saturated carbocycles. The van der Waals surface area contributed by atoms with Crippen molar-refractivity contribution in [2.24, 2.45) is 0 Å². The second kappa shape index (κ2) is 9.23. The van der Waals surface area contributed by atoms with Gasteiger partial charge in [0.05, 0.1) is 15.3 Å². The summed E-state index contributed by atoms with van der Waals surface area (Å²) in [5.41, 5.74) is -0.0137. The van der Waals surface area contributed by atoms with Gasteiger partial charge in [0, 0.05) is 26.2 Å². The summed E-state index contributed by atoms with van der Waals surface area (Å²) in [4.78, 5) is 20.8. The van der Waals surface area contributed by atoms with Gasteiger partial charge in [0.1, 0.15) is 11.6 Å². The molecule has 0 atom stereocenters. The Kier molecular flexibility index (Phi) is 6.12. The maximum atomic E-state index is 14.1. The molecule has 1 aliphatic rings. The second-order valence-electron chi connectivity index (χ2n) is 7.82. The summed E-state index contributed by atoms with van der Waals surface area (Å²) >= 11 is 1.35. The van der Waals surface area contributed by atoms with Crippen LogP contribution in [0.1, 0.15) is 10.4 Å². The summed E-state index contributed by atoms with van der Waals surface area (Å²) < 4.78 is 60.2. The molecule has 2 aromatic carbocycles.